The first-order valence-corrected chi connectivity index (χ1v) is 3.13. The van der Waals surface area contributed by atoms with Crippen molar-refractivity contribution in [1.29, 1.82) is 0 Å². The summed E-state index contributed by atoms with van der Waals surface area (Å²) in [5.41, 5.74) is -0.278. The van der Waals surface area contributed by atoms with Crippen LogP contribution in [0.5, 0.6) is 0 Å². The van der Waals surface area contributed by atoms with E-state index in [4.69, 9.17) is 0 Å². The van der Waals surface area contributed by atoms with Crippen molar-refractivity contribution in [3.05, 3.63) is 23.8 Å². The van der Waals surface area contributed by atoms with Crippen molar-refractivity contribution in [2.24, 2.45) is 0 Å². The summed E-state index contributed by atoms with van der Waals surface area (Å²) in [5, 5.41) is 0. The van der Waals surface area contributed by atoms with E-state index in [-0.39, 0.29) is 25.2 Å². The third-order valence-electron chi connectivity index (χ3n) is 1.25. The standard InChI is InChI=1S/C7H6F3N2.Rh/c1-12(2)4-3-5(8)11-7(10)6(4)9;/h1-2H3;/q-1;. The van der Waals surface area contributed by atoms with E-state index < -0.39 is 17.7 Å². The molecule has 1 aromatic heterocycles. The van der Waals surface area contributed by atoms with Gasteiger partial charge in [-0.2, -0.15) is 6.07 Å². The van der Waals surface area contributed by atoms with Crippen molar-refractivity contribution in [2.75, 3.05) is 19.0 Å². The molecule has 0 aliphatic carbocycles. The van der Waals surface area contributed by atoms with E-state index in [9.17, 15) is 13.2 Å². The molecule has 0 aliphatic rings. The molecule has 13 heavy (non-hydrogen) atoms. The maximum atomic E-state index is 12.8. The van der Waals surface area contributed by atoms with Crippen LogP contribution in [0.3, 0.4) is 0 Å². The van der Waals surface area contributed by atoms with Crippen molar-refractivity contribution >= 4 is 5.69 Å². The number of hydrogen-bond acceptors (Lipinski definition) is 2. The molecule has 1 rings (SSSR count). The first-order valence-electron chi connectivity index (χ1n) is 3.13. The maximum Gasteiger partial charge on any atom is 0.168 e. The van der Waals surface area contributed by atoms with Gasteiger partial charge >= 0.3 is 0 Å². The van der Waals surface area contributed by atoms with Crippen LogP contribution in [0, 0.1) is 23.8 Å². The minimum absolute atomic E-state index is 0. The number of anilines is 1. The normalized spacial score (nSPS) is 9.31. The zero-order valence-corrected chi connectivity index (χ0v) is 8.50. The summed E-state index contributed by atoms with van der Waals surface area (Å²) in [6.07, 6.45) is 0. The van der Waals surface area contributed by atoms with Crippen LogP contribution < -0.4 is 4.90 Å². The zero-order valence-electron chi connectivity index (χ0n) is 6.86. The van der Waals surface area contributed by atoms with Crippen molar-refractivity contribution in [3.8, 4) is 0 Å². The van der Waals surface area contributed by atoms with Crippen LogP contribution in [0.1, 0.15) is 0 Å². The molecule has 1 radical (unpaired) electrons. The second kappa shape index (κ2) is 4.56. The van der Waals surface area contributed by atoms with Crippen molar-refractivity contribution in [2.45, 2.75) is 0 Å². The minimum atomic E-state index is -1.45. The topological polar surface area (TPSA) is 16.1 Å². The number of halogens is 3. The van der Waals surface area contributed by atoms with Crippen molar-refractivity contribution in [3.63, 3.8) is 0 Å². The molecule has 1 aromatic rings. The molecule has 0 unspecified atom stereocenters. The number of rotatable bonds is 1. The van der Waals surface area contributed by atoms with Crippen LogP contribution in [-0.4, -0.2) is 19.1 Å². The van der Waals surface area contributed by atoms with Crippen LogP contribution in [0.2, 0.25) is 0 Å². The van der Waals surface area contributed by atoms with E-state index in [1.807, 2.05) is 6.07 Å². The van der Waals surface area contributed by atoms with Crippen LogP contribution >= 0.6 is 0 Å². The molecule has 0 amide bonds. The molecule has 75 valence electrons. The van der Waals surface area contributed by atoms with Gasteiger partial charge < -0.3 is 9.29 Å². The van der Waals surface area contributed by atoms with E-state index >= 15 is 0 Å². The predicted molar refractivity (Wildman–Crippen MR) is 37.3 cm³/mol. The SMILES string of the molecule is CN(C)c1[c-]c(F)nc(F)c1F.[Rh]. The Morgan fingerprint density at radius 2 is 1.77 bits per heavy atom. The van der Waals surface area contributed by atoms with Gasteiger partial charge in [0.05, 0.1) is 0 Å². The predicted octanol–water partition coefficient (Wildman–Crippen LogP) is 1.36. The smallest absolute Gasteiger partial charge is 0.168 e. The maximum absolute atomic E-state index is 12.8. The molecule has 0 saturated heterocycles. The summed E-state index contributed by atoms with van der Waals surface area (Å²) >= 11 is 0. The van der Waals surface area contributed by atoms with Crippen molar-refractivity contribution in [1.82, 2.24) is 4.98 Å². The molecule has 6 heteroatoms. The zero-order chi connectivity index (χ0) is 9.30. The monoisotopic (exact) mass is 278 g/mol. The fourth-order valence-electron chi connectivity index (χ4n) is 0.722. The van der Waals surface area contributed by atoms with E-state index in [1.165, 1.54) is 19.0 Å². The number of pyridine rings is 1. The van der Waals surface area contributed by atoms with Gasteiger partial charge in [-0.05, 0) is 0 Å². The average Bonchev–Trinajstić information content (AvgIpc) is 1.96. The van der Waals surface area contributed by atoms with E-state index in [0.717, 1.165) is 0 Å². The van der Waals surface area contributed by atoms with Crippen LogP contribution in [0.25, 0.3) is 0 Å². The summed E-state index contributed by atoms with van der Waals surface area (Å²) < 4.78 is 37.6. The van der Waals surface area contributed by atoms with Gasteiger partial charge in [-0.15, -0.1) is 0 Å². The molecular weight excluding hydrogens is 272 g/mol. The van der Waals surface area contributed by atoms with Gasteiger partial charge in [-0.1, -0.05) is 5.69 Å². The van der Waals surface area contributed by atoms with Crippen LogP contribution in [0.4, 0.5) is 18.9 Å². The van der Waals surface area contributed by atoms with E-state index in [2.05, 4.69) is 4.98 Å². The van der Waals surface area contributed by atoms with Gasteiger partial charge in [0, 0.05) is 39.4 Å². The molecule has 0 atom stereocenters. The van der Waals surface area contributed by atoms with Crippen LogP contribution in [-0.2, 0) is 19.5 Å². The third-order valence-corrected chi connectivity index (χ3v) is 1.25. The van der Waals surface area contributed by atoms with E-state index in [1.54, 1.807) is 0 Å². The van der Waals surface area contributed by atoms with Gasteiger partial charge in [0.1, 0.15) is 5.95 Å². The molecule has 0 spiro atoms. The summed E-state index contributed by atoms with van der Waals surface area (Å²) in [6.45, 7) is 0. The molecule has 0 N–H and O–H groups in total. The molecule has 0 fully saturated rings. The molecule has 0 aromatic carbocycles. The quantitative estimate of drug-likeness (QED) is 0.438. The Labute approximate surface area is 86.5 Å². The fraction of sp³-hybridized carbons (Fsp3) is 0.286. The number of aromatic nitrogens is 1. The largest absolute Gasteiger partial charge is 0.408 e. The summed E-state index contributed by atoms with van der Waals surface area (Å²) in [6, 6.07) is 1.95. The summed E-state index contributed by atoms with van der Waals surface area (Å²) in [5.74, 6) is -3.80. The summed E-state index contributed by atoms with van der Waals surface area (Å²) in [4.78, 5) is 3.84. The Morgan fingerprint density at radius 1 is 1.23 bits per heavy atom. The molecule has 0 aliphatic heterocycles. The average molecular weight is 278 g/mol. The molecule has 1 heterocycles. The fourth-order valence-corrected chi connectivity index (χ4v) is 0.722. The van der Waals surface area contributed by atoms with Gasteiger partial charge in [0.25, 0.3) is 0 Å². The van der Waals surface area contributed by atoms with Crippen molar-refractivity contribution < 1.29 is 32.6 Å². The molecule has 0 bridgehead atoms. The molecular formula is C7H6F3N2Rh-. The summed E-state index contributed by atoms with van der Waals surface area (Å²) in [7, 11) is 2.90. The number of nitrogens with zero attached hydrogens (tertiary/aromatic N) is 2. The Kier molecular flexibility index (Phi) is 4.33. The minimum Gasteiger partial charge on any atom is -0.408 e. The molecule has 0 saturated carbocycles. The number of hydrogen-bond donors (Lipinski definition) is 0. The Balaban J connectivity index is 0.00000144. The third kappa shape index (κ3) is 2.66. The first-order chi connectivity index (χ1) is 5.52. The van der Waals surface area contributed by atoms with Gasteiger partial charge in [0.2, 0.25) is 0 Å². The van der Waals surface area contributed by atoms with Gasteiger partial charge in [0.15, 0.2) is 5.95 Å². The van der Waals surface area contributed by atoms with Crippen LogP contribution in [0.15, 0.2) is 0 Å². The Bertz CT molecular complexity index is 304. The molecule has 2 nitrogen and oxygen atoms in total. The Morgan fingerprint density at radius 3 is 2.23 bits per heavy atom. The van der Waals surface area contributed by atoms with Gasteiger partial charge in [-0.25, -0.2) is 13.8 Å². The first kappa shape index (κ1) is 12.4. The second-order valence-electron chi connectivity index (χ2n) is 2.38. The van der Waals surface area contributed by atoms with Gasteiger partial charge in [-0.3, -0.25) is 0 Å². The second-order valence-corrected chi connectivity index (χ2v) is 2.38. The Hall–Kier alpha value is -0.637. The van der Waals surface area contributed by atoms with E-state index in [0.29, 0.717) is 0 Å².